The molecule has 6 heteroatoms. The summed E-state index contributed by atoms with van der Waals surface area (Å²) in [7, 11) is 0. The fourth-order valence-corrected chi connectivity index (χ4v) is 4.13. The molecule has 0 saturated heterocycles. The number of aryl methyl sites for hydroxylation is 1. The molecule has 1 N–H and O–H groups in total. The second-order valence-electron chi connectivity index (χ2n) is 8.29. The molecule has 0 saturated carbocycles. The normalized spacial score (nSPS) is 11.2. The van der Waals surface area contributed by atoms with E-state index in [1.165, 1.54) is 0 Å². The van der Waals surface area contributed by atoms with Crippen LogP contribution in [0.2, 0.25) is 0 Å². The molecule has 2 heterocycles. The van der Waals surface area contributed by atoms with Crippen LogP contribution in [0.5, 0.6) is 5.75 Å². The van der Waals surface area contributed by atoms with E-state index in [0.717, 1.165) is 44.8 Å². The van der Waals surface area contributed by atoms with Gasteiger partial charge in [-0.15, -0.1) is 10.2 Å². The lowest BCUT2D eigenvalue weighted by molar-refractivity contribution is 0.481. The van der Waals surface area contributed by atoms with Crippen molar-refractivity contribution in [3.05, 3.63) is 120 Å². The van der Waals surface area contributed by atoms with Crippen molar-refractivity contribution in [1.82, 2.24) is 9.97 Å². The molecule has 5 aromatic rings. The van der Waals surface area contributed by atoms with Gasteiger partial charge in [-0.05, 0) is 55.0 Å². The number of anilines is 1. The molecule has 172 valence electrons. The lowest BCUT2D eigenvalue weighted by Crippen LogP contribution is -2.23. The largest absolute Gasteiger partial charge is 0.507 e. The van der Waals surface area contributed by atoms with E-state index in [-0.39, 0.29) is 5.75 Å². The molecular weight excluding hydrogens is 434 g/mol. The summed E-state index contributed by atoms with van der Waals surface area (Å²) in [6, 6.07) is 29.2. The minimum absolute atomic E-state index is 0.245. The van der Waals surface area contributed by atoms with Crippen LogP contribution < -0.4 is 4.90 Å². The maximum Gasteiger partial charge on any atom is 0.123 e. The molecule has 0 bridgehead atoms. The van der Waals surface area contributed by atoms with Crippen molar-refractivity contribution < 1.29 is 5.11 Å². The summed E-state index contributed by atoms with van der Waals surface area (Å²) in [6.45, 7) is 3.14. The molecule has 0 unspecified atom stereocenters. The minimum atomic E-state index is 0.245. The smallest absolute Gasteiger partial charge is 0.123 e. The molecular formula is C29H25N5O. The van der Waals surface area contributed by atoms with E-state index >= 15 is 0 Å². The third-order valence-corrected chi connectivity index (χ3v) is 5.82. The monoisotopic (exact) mass is 459 g/mol. The topological polar surface area (TPSA) is 74.0 Å². The lowest BCUT2D eigenvalue weighted by atomic mass is 10.0. The van der Waals surface area contributed by atoms with Crippen LogP contribution >= 0.6 is 0 Å². The summed E-state index contributed by atoms with van der Waals surface area (Å²) in [5.41, 5.74) is 5.20. The van der Waals surface area contributed by atoms with Crippen molar-refractivity contribution in [3.8, 4) is 5.75 Å². The van der Waals surface area contributed by atoms with Gasteiger partial charge in [0, 0.05) is 23.2 Å². The van der Waals surface area contributed by atoms with Crippen LogP contribution in [-0.2, 0) is 13.1 Å². The van der Waals surface area contributed by atoms with Crippen molar-refractivity contribution >= 4 is 27.8 Å². The van der Waals surface area contributed by atoms with Crippen LogP contribution in [0.3, 0.4) is 0 Å². The van der Waals surface area contributed by atoms with Crippen molar-refractivity contribution in [1.29, 1.82) is 0 Å². The number of rotatable bonds is 7. The number of benzene rings is 3. The molecule has 0 amide bonds. The first-order valence-electron chi connectivity index (χ1n) is 11.5. The van der Waals surface area contributed by atoms with Crippen LogP contribution in [0.15, 0.2) is 114 Å². The number of pyridine rings is 2. The van der Waals surface area contributed by atoms with E-state index in [2.05, 4.69) is 25.1 Å². The van der Waals surface area contributed by atoms with E-state index < -0.39 is 0 Å². The Balaban J connectivity index is 1.55. The SMILES string of the molecule is Cc1cc(O)c2ccccc2c1N=Nc1ccccc1N(Cc1ccccn1)Cc1ccccn1. The van der Waals surface area contributed by atoms with Gasteiger partial charge in [0.15, 0.2) is 0 Å². The van der Waals surface area contributed by atoms with E-state index in [1.807, 2.05) is 91.9 Å². The number of aromatic nitrogens is 2. The number of azo groups is 1. The van der Waals surface area contributed by atoms with Gasteiger partial charge in [-0.2, -0.15) is 0 Å². The van der Waals surface area contributed by atoms with Gasteiger partial charge in [0.2, 0.25) is 0 Å². The molecule has 0 spiro atoms. The zero-order valence-corrected chi connectivity index (χ0v) is 19.4. The summed E-state index contributed by atoms with van der Waals surface area (Å²) in [5.74, 6) is 0.245. The number of hydrogen-bond donors (Lipinski definition) is 1. The second-order valence-corrected chi connectivity index (χ2v) is 8.29. The summed E-state index contributed by atoms with van der Waals surface area (Å²) < 4.78 is 0. The van der Waals surface area contributed by atoms with Gasteiger partial charge >= 0.3 is 0 Å². The maximum absolute atomic E-state index is 10.4. The molecule has 3 aromatic carbocycles. The number of nitrogens with zero attached hydrogens (tertiary/aromatic N) is 5. The Hall–Kier alpha value is -4.58. The average molecular weight is 460 g/mol. The third-order valence-electron chi connectivity index (χ3n) is 5.82. The summed E-state index contributed by atoms with van der Waals surface area (Å²) >= 11 is 0. The summed E-state index contributed by atoms with van der Waals surface area (Å²) in [6.07, 6.45) is 3.61. The van der Waals surface area contributed by atoms with Gasteiger partial charge in [-0.25, -0.2) is 0 Å². The van der Waals surface area contributed by atoms with Crippen LogP contribution in [0, 0.1) is 6.92 Å². The summed E-state index contributed by atoms with van der Waals surface area (Å²) in [5, 5.41) is 21.3. The highest BCUT2D eigenvalue weighted by Crippen LogP contribution is 2.38. The van der Waals surface area contributed by atoms with Gasteiger partial charge in [-0.1, -0.05) is 48.5 Å². The Morgan fingerprint density at radius 1 is 0.714 bits per heavy atom. The van der Waals surface area contributed by atoms with Gasteiger partial charge in [0.25, 0.3) is 0 Å². The first-order chi connectivity index (χ1) is 17.2. The molecule has 0 radical (unpaired) electrons. The molecule has 0 aliphatic rings. The Morgan fingerprint density at radius 2 is 1.31 bits per heavy atom. The molecule has 0 atom stereocenters. The van der Waals surface area contributed by atoms with Crippen LogP contribution in [0.25, 0.3) is 10.8 Å². The number of hydrogen-bond acceptors (Lipinski definition) is 6. The molecule has 0 aliphatic carbocycles. The number of aromatic hydroxyl groups is 1. The lowest BCUT2D eigenvalue weighted by Gasteiger charge is -2.25. The molecule has 6 nitrogen and oxygen atoms in total. The zero-order chi connectivity index (χ0) is 24.0. The molecule has 5 rings (SSSR count). The molecule has 0 fully saturated rings. The van der Waals surface area contributed by atoms with Crippen LogP contribution in [0.1, 0.15) is 17.0 Å². The van der Waals surface area contributed by atoms with Crippen molar-refractivity contribution in [3.63, 3.8) is 0 Å². The predicted octanol–water partition coefficient (Wildman–Crippen LogP) is 7.27. The Morgan fingerprint density at radius 3 is 1.97 bits per heavy atom. The maximum atomic E-state index is 10.4. The Kier molecular flexibility index (Phi) is 6.44. The van der Waals surface area contributed by atoms with Gasteiger partial charge in [-0.3, -0.25) is 9.97 Å². The van der Waals surface area contributed by atoms with Crippen molar-refractivity contribution in [2.75, 3.05) is 4.90 Å². The fourth-order valence-electron chi connectivity index (χ4n) is 4.13. The van der Waals surface area contributed by atoms with Crippen molar-refractivity contribution in [2.45, 2.75) is 20.0 Å². The summed E-state index contributed by atoms with van der Waals surface area (Å²) in [4.78, 5) is 11.3. The quantitative estimate of drug-likeness (QED) is 0.260. The minimum Gasteiger partial charge on any atom is -0.507 e. The fraction of sp³-hybridized carbons (Fsp3) is 0.103. The van der Waals surface area contributed by atoms with Gasteiger partial charge in [0.05, 0.1) is 35.9 Å². The van der Waals surface area contributed by atoms with Gasteiger partial charge in [0.1, 0.15) is 11.4 Å². The number of para-hydroxylation sites is 1. The Labute approximate surface area is 204 Å². The van der Waals surface area contributed by atoms with Crippen molar-refractivity contribution in [2.24, 2.45) is 10.2 Å². The average Bonchev–Trinajstić information content (AvgIpc) is 2.90. The number of phenolic OH excluding ortho intramolecular Hbond substituents is 1. The Bertz CT molecular complexity index is 1430. The highest BCUT2D eigenvalue weighted by Gasteiger charge is 2.15. The zero-order valence-electron chi connectivity index (χ0n) is 19.4. The molecule has 2 aromatic heterocycles. The van der Waals surface area contributed by atoms with E-state index in [0.29, 0.717) is 13.1 Å². The molecule has 0 aliphatic heterocycles. The highest BCUT2D eigenvalue weighted by molar-refractivity contribution is 5.98. The molecule has 35 heavy (non-hydrogen) atoms. The van der Waals surface area contributed by atoms with E-state index in [1.54, 1.807) is 18.5 Å². The second kappa shape index (κ2) is 10.1. The van der Waals surface area contributed by atoms with Crippen LogP contribution in [0.4, 0.5) is 17.1 Å². The van der Waals surface area contributed by atoms with E-state index in [4.69, 9.17) is 0 Å². The number of phenols is 1. The van der Waals surface area contributed by atoms with Crippen LogP contribution in [-0.4, -0.2) is 15.1 Å². The highest BCUT2D eigenvalue weighted by atomic mass is 16.3. The standard InChI is InChI=1S/C29H25N5O/c1-21-18-28(35)24-12-2-3-13-25(24)29(21)33-32-26-14-4-5-15-27(26)34(19-22-10-6-8-16-30-22)20-23-11-7-9-17-31-23/h2-18,35H,19-20H2,1H3. The third kappa shape index (κ3) is 5.01. The first-order valence-corrected chi connectivity index (χ1v) is 11.5. The number of fused-ring (bicyclic) bond motifs is 1. The van der Waals surface area contributed by atoms with Gasteiger partial charge < -0.3 is 10.0 Å². The first kappa shape index (κ1) is 22.2. The predicted molar refractivity (Wildman–Crippen MR) is 139 cm³/mol. The van der Waals surface area contributed by atoms with E-state index in [9.17, 15) is 5.11 Å².